The van der Waals surface area contributed by atoms with Gasteiger partial charge in [0.05, 0.1) is 6.10 Å². The monoisotopic (exact) mass is 346 g/mol. The second kappa shape index (κ2) is 11.6. The van der Waals surface area contributed by atoms with E-state index in [1.807, 2.05) is 0 Å². The maximum absolute atomic E-state index is 7.00. The lowest BCUT2D eigenvalue weighted by atomic mass is 9.96. The van der Waals surface area contributed by atoms with E-state index in [2.05, 4.69) is 71.0 Å². The summed E-state index contributed by atoms with van der Waals surface area (Å²) in [6, 6.07) is 14.5. The molecule has 0 aliphatic rings. The van der Waals surface area contributed by atoms with Crippen molar-refractivity contribution in [2.24, 2.45) is 0 Å². The molecule has 0 aromatic heterocycles. The van der Waals surface area contributed by atoms with Gasteiger partial charge in [-0.1, -0.05) is 83.9 Å². The minimum atomic E-state index is -1.65. The molecule has 0 saturated carbocycles. The van der Waals surface area contributed by atoms with Gasteiger partial charge >= 0.3 is 0 Å². The zero-order chi connectivity index (χ0) is 17.8. The first-order chi connectivity index (χ1) is 11.7. The maximum atomic E-state index is 7.00. The van der Waals surface area contributed by atoms with Crippen LogP contribution in [0.25, 0.3) is 0 Å². The third kappa shape index (κ3) is 6.21. The fourth-order valence-corrected chi connectivity index (χ4v) is 6.07. The minimum Gasteiger partial charge on any atom is -0.406 e. The minimum absolute atomic E-state index is 0.163. The van der Waals surface area contributed by atoms with Gasteiger partial charge < -0.3 is 4.43 Å². The number of benzene rings is 1. The number of hydrogen-bond acceptors (Lipinski definition) is 1. The van der Waals surface area contributed by atoms with Crippen LogP contribution in [0.2, 0.25) is 18.1 Å². The van der Waals surface area contributed by atoms with Crippen LogP contribution in [-0.2, 0) is 4.43 Å². The first-order valence-electron chi connectivity index (χ1n) is 10.1. The van der Waals surface area contributed by atoms with Gasteiger partial charge in [-0.3, -0.25) is 0 Å². The summed E-state index contributed by atoms with van der Waals surface area (Å²) in [7, 11) is -1.65. The lowest BCUT2D eigenvalue weighted by molar-refractivity contribution is 0.220. The van der Waals surface area contributed by atoms with Gasteiger partial charge in [0.2, 0.25) is 0 Å². The maximum Gasteiger partial charge on any atom is 0.193 e. The number of unbranched alkanes of at least 4 members (excludes halogenated alkanes) is 2. The molecule has 1 aromatic rings. The summed E-state index contributed by atoms with van der Waals surface area (Å²) in [5.41, 5.74) is 2.85. The molecule has 0 radical (unpaired) electrons. The van der Waals surface area contributed by atoms with Crippen molar-refractivity contribution < 1.29 is 4.43 Å². The molecule has 0 fully saturated rings. The van der Waals surface area contributed by atoms with Crippen molar-refractivity contribution >= 4 is 8.32 Å². The summed E-state index contributed by atoms with van der Waals surface area (Å²) in [5.74, 6) is 0. The Hall–Kier alpha value is -0.863. The molecular formula is C22H38OSi. The standard InChI is InChI=1S/C22H38OSi/c1-6-11-16-20(17-12-7-2)22(21-18-14-13-15-19-21)23-24(8-3,9-4)10-5/h13-16,18-19,22H,6-12,17H2,1-5H3/b20-16-. The van der Waals surface area contributed by atoms with Crippen LogP contribution >= 0.6 is 0 Å². The first kappa shape index (κ1) is 21.2. The van der Waals surface area contributed by atoms with Crippen LogP contribution < -0.4 is 0 Å². The van der Waals surface area contributed by atoms with Gasteiger partial charge in [-0.2, -0.15) is 0 Å². The van der Waals surface area contributed by atoms with Crippen molar-refractivity contribution in [2.45, 2.75) is 91.0 Å². The van der Waals surface area contributed by atoms with Crippen molar-refractivity contribution in [3.8, 4) is 0 Å². The van der Waals surface area contributed by atoms with E-state index in [-0.39, 0.29) is 6.10 Å². The Bertz CT molecular complexity index is 454. The molecule has 0 aliphatic carbocycles. The van der Waals surface area contributed by atoms with E-state index in [0.717, 1.165) is 12.8 Å². The SMILES string of the molecule is CCC/C=C(/CCCC)C(O[Si](CC)(CC)CC)c1ccccc1. The molecule has 1 atom stereocenters. The van der Waals surface area contributed by atoms with E-state index < -0.39 is 8.32 Å². The van der Waals surface area contributed by atoms with E-state index in [4.69, 9.17) is 4.43 Å². The molecule has 136 valence electrons. The lowest BCUT2D eigenvalue weighted by Crippen LogP contribution is -2.37. The van der Waals surface area contributed by atoms with Crippen LogP contribution in [0, 0.1) is 0 Å². The summed E-state index contributed by atoms with van der Waals surface area (Å²) in [4.78, 5) is 0. The number of allylic oxidation sites excluding steroid dienone is 1. The zero-order valence-corrected chi connectivity index (χ0v) is 17.6. The fraction of sp³-hybridized carbons (Fsp3) is 0.636. The van der Waals surface area contributed by atoms with Gasteiger partial charge in [0.1, 0.15) is 0 Å². The van der Waals surface area contributed by atoms with Gasteiger partial charge in [-0.15, -0.1) is 0 Å². The second-order valence-corrected chi connectivity index (χ2v) is 11.5. The fourth-order valence-electron chi connectivity index (χ4n) is 3.29. The second-order valence-electron chi connectivity index (χ2n) is 6.82. The summed E-state index contributed by atoms with van der Waals surface area (Å²) in [5, 5.41) is 0. The largest absolute Gasteiger partial charge is 0.406 e. The van der Waals surface area contributed by atoms with Crippen LogP contribution in [0.5, 0.6) is 0 Å². The van der Waals surface area contributed by atoms with E-state index in [1.54, 1.807) is 0 Å². The molecule has 0 heterocycles. The molecule has 24 heavy (non-hydrogen) atoms. The summed E-state index contributed by atoms with van der Waals surface area (Å²) in [6.45, 7) is 11.5. The van der Waals surface area contributed by atoms with Gasteiger partial charge in [0, 0.05) is 0 Å². The van der Waals surface area contributed by atoms with Crippen LogP contribution in [0.3, 0.4) is 0 Å². The Morgan fingerprint density at radius 2 is 1.58 bits per heavy atom. The normalized spacial score (nSPS) is 14.0. The molecule has 0 N–H and O–H groups in total. The van der Waals surface area contributed by atoms with Crippen molar-refractivity contribution in [3.05, 3.63) is 47.5 Å². The average molecular weight is 347 g/mol. The Kier molecular flexibility index (Phi) is 10.3. The third-order valence-corrected chi connectivity index (χ3v) is 9.86. The Morgan fingerprint density at radius 1 is 0.958 bits per heavy atom. The van der Waals surface area contributed by atoms with Crippen LogP contribution in [-0.4, -0.2) is 8.32 Å². The molecule has 0 saturated heterocycles. The Morgan fingerprint density at radius 3 is 2.08 bits per heavy atom. The summed E-state index contributed by atoms with van der Waals surface area (Å²) >= 11 is 0. The van der Waals surface area contributed by atoms with Crippen molar-refractivity contribution in [3.63, 3.8) is 0 Å². The Balaban J connectivity index is 3.20. The molecule has 0 spiro atoms. The van der Waals surface area contributed by atoms with Crippen molar-refractivity contribution in [1.82, 2.24) is 0 Å². The molecule has 1 unspecified atom stereocenters. The van der Waals surface area contributed by atoms with Gasteiger partial charge in [0.25, 0.3) is 0 Å². The van der Waals surface area contributed by atoms with Crippen LogP contribution in [0.1, 0.15) is 78.4 Å². The smallest absolute Gasteiger partial charge is 0.193 e. The molecule has 0 bridgehead atoms. The van der Waals surface area contributed by atoms with Gasteiger partial charge in [0.15, 0.2) is 8.32 Å². The molecule has 1 aromatic carbocycles. The van der Waals surface area contributed by atoms with Crippen molar-refractivity contribution in [1.29, 1.82) is 0 Å². The van der Waals surface area contributed by atoms with E-state index in [1.165, 1.54) is 48.5 Å². The predicted octanol–water partition coefficient (Wildman–Crippen LogP) is 7.67. The molecule has 2 heteroatoms. The molecule has 0 amide bonds. The van der Waals surface area contributed by atoms with E-state index in [9.17, 15) is 0 Å². The van der Waals surface area contributed by atoms with E-state index in [0.29, 0.717) is 0 Å². The number of rotatable bonds is 12. The van der Waals surface area contributed by atoms with Crippen LogP contribution in [0.15, 0.2) is 42.0 Å². The molecule has 1 nitrogen and oxygen atoms in total. The molecule has 1 rings (SSSR count). The van der Waals surface area contributed by atoms with E-state index >= 15 is 0 Å². The highest BCUT2D eigenvalue weighted by Crippen LogP contribution is 2.36. The first-order valence-corrected chi connectivity index (χ1v) is 12.6. The highest BCUT2D eigenvalue weighted by atomic mass is 28.4. The van der Waals surface area contributed by atoms with Crippen LogP contribution in [0.4, 0.5) is 0 Å². The zero-order valence-electron chi connectivity index (χ0n) is 16.6. The number of hydrogen-bond donors (Lipinski definition) is 0. The average Bonchev–Trinajstić information content (AvgIpc) is 2.65. The molecule has 0 aliphatic heterocycles. The van der Waals surface area contributed by atoms with Crippen molar-refractivity contribution in [2.75, 3.05) is 0 Å². The third-order valence-electron chi connectivity index (χ3n) is 5.25. The highest BCUT2D eigenvalue weighted by Gasteiger charge is 2.33. The highest BCUT2D eigenvalue weighted by molar-refractivity contribution is 6.73. The molecular weight excluding hydrogens is 308 g/mol. The lowest BCUT2D eigenvalue weighted by Gasteiger charge is -2.35. The summed E-state index contributed by atoms with van der Waals surface area (Å²) in [6.07, 6.45) is 8.64. The topological polar surface area (TPSA) is 9.23 Å². The predicted molar refractivity (Wildman–Crippen MR) is 110 cm³/mol. The summed E-state index contributed by atoms with van der Waals surface area (Å²) < 4.78 is 7.00. The van der Waals surface area contributed by atoms with Gasteiger partial charge in [-0.05, 0) is 48.5 Å². The Labute approximate surface area is 151 Å². The van der Waals surface area contributed by atoms with Gasteiger partial charge in [-0.25, -0.2) is 0 Å². The quantitative estimate of drug-likeness (QED) is 0.279.